The molecular weight excluding hydrogens is 442 g/mol. The standard InChI is InChI=1S/C28H31N3O4/c1-34-25-16-14-23(17-26(25)35-2)30-27(32)22-13-15-24(21-11-7-4-8-12-21)31(19-22)28(33)29-18-20-9-5-3-6-10-20/h3-12,14,16-17,22,24H,13,15,18-19H2,1-2H3,(H,29,33)(H,30,32). The summed E-state index contributed by atoms with van der Waals surface area (Å²) in [7, 11) is 3.12. The zero-order chi connectivity index (χ0) is 24.6. The molecule has 2 N–H and O–H groups in total. The molecule has 1 aliphatic heterocycles. The van der Waals surface area contributed by atoms with Crippen molar-refractivity contribution in [2.24, 2.45) is 5.92 Å². The number of benzene rings is 3. The van der Waals surface area contributed by atoms with Crippen LogP contribution < -0.4 is 20.1 Å². The van der Waals surface area contributed by atoms with E-state index < -0.39 is 0 Å². The maximum atomic E-state index is 13.3. The quantitative estimate of drug-likeness (QED) is 0.506. The molecule has 4 rings (SSSR count). The van der Waals surface area contributed by atoms with Crippen molar-refractivity contribution in [1.82, 2.24) is 10.2 Å². The summed E-state index contributed by atoms with van der Waals surface area (Å²) < 4.78 is 10.6. The Morgan fingerprint density at radius 3 is 2.26 bits per heavy atom. The van der Waals surface area contributed by atoms with Gasteiger partial charge in [0.15, 0.2) is 11.5 Å². The van der Waals surface area contributed by atoms with Crippen LogP contribution in [-0.2, 0) is 11.3 Å². The molecule has 1 heterocycles. The largest absolute Gasteiger partial charge is 0.493 e. The van der Waals surface area contributed by atoms with Gasteiger partial charge in [-0.1, -0.05) is 60.7 Å². The Balaban J connectivity index is 1.48. The number of piperidine rings is 1. The van der Waals surface area contributed by atoms with Gasteiger partial charge in [-0.05, 0) is 36.1 Å². The van der Waals surface area contributed by atoms with Crippen LogP contribution in [0.15, 0.2) is 78.9 Å². The Morgan fingerprint density at radius 2 is 1.57 bits per heavy atom. The minimum Gasteiger partial charge on any atom is -0.493 e. The lowest BCUT2D eigenvalue weighted by Gasteiger charge is -2.39. The average molecular weight is 474 g/mol. The Labute approximate surface area is 206 Å². The van der Waals surface area contributed by atoms with Gasteiger partial charge < -0.3 is 25.0 Å². The number of nitrogens with one attached hydrogen (secondary N) is 2. The Bertz CT molecular complexity index is 1140. The lowest BCUT2D eigenvalue weighted by Crippen LogP contribution is -2.49. The van der Waals surface area contributed by atoms with E-state index in [0.29, 0.717) is 43.1 Å². The summed E-state index contributed by atoms with van der Waals surface area (Å²) >= 11 is 0. The van der Waals surface area contributed by atoms with Gasteiger partial charge in [-0.2, -0.15) is 0 Å². The number of amides is 3. The third kappa shape index (κ3) is 5.93. The van der Waals surface area contributed by atoms with Crippen LogP contribution in [0.3, 0.4) is 0 Å². The number of likely N-dealkylation sites (tertiary alicyclic amines) is 1. The minimum absolute atomic E-state index is 0.0860. The molecule has 182 valence electrons. The molecule has 0 aromatic heterocycles. The SMILES string of the molecule is COc1ccc(NC(=O)C2CCC(c3ccccc3)N(C(=O)NCc3ccccc3)C2)cc1OC. The molecule has 0 saturated carbocycles. The Morgan fingerprint density at radius 1 is 0.886 bits per heavy atom. The first-order chi connectivity index (χ1) is 17.1. The summed E-state index contributed by atoms with van der Waals surface area (Å²) in [6, 6.07) is 24.8. The number of carbonyl (C=O) groups excluding carboxylic acids is 2. The van der Waals surface area contributed by atoms with Crippen LogP contribution in [0.5, 0.6) is 11.5 Å². The monoisotopic (exact) mass is 473 g/mol. The number of rotatable bonds is 7. The van der Waals surface area contributed by atoms with Crippen molar-refractivity contribution in [2.75, 3.05) is 26.1 Å². The molecule has 7 nitrogen and oxygen atoms in total. The number of nitrogens with zero attached hydrogens (tertiary/aromatic N) is 1. The highest BCUT2D eigenvalue weighted by Crippen LogP contribution is 2.35. The molecule has 1 saturated heterocycles. The molecule has 1 fully saturated rings. The van der Waals surface area contributed by atoms with Crippen LogP contribution in [0.25, 0.3) is 0 Å². The summed E-state index contributed by atoms with van der Waals surface area (Å²) in [5.41, 5.74) is 2.72. The lowest BCUT2D eigenvalue weighted by atomic mass is 9.88. The van der Waals surface area contributed by atoms with E-state index in [1.165, 1.54) is 0 Å². The zero-order valence-electron chi connectivity index (χ0n) is 20.1. The maximum absolute atomic E-state index is 13.3. The van der Waals surface area contributed by atoms with Crippen molar-refractivity contribution in [3.05, 3.63) is 90.0 Å². The van der Waals surface area contributed by atoms with Crippen molar-refractivity contribution < 1.29 is 19.1 Å². The van der Waals surface area contributed by atoms with Gasteiger partial charge in [0.05, 0.1) is 26.2 Å². The van der Waals surface area contributed by atoms with E-state index in [9.17, 15) is 9.59 Å². The predicted molar refractivity (Wildman–Crippen MR) is 135 cm³/mol. The first kappa shape index (κ1) is 24.1. The normalized spacial score (nSPS) is 17.4. The van der Waals surface area contributed by atoms with Gasteiger partial charge >= 0.3 is 6.03 Å². The number of urea groups is 1. The summed E-state index contributed by atoms with van der Waals surface area (Å²) in [6.45, 7) is 0.763. The topological polar surface area (TPSA) is 79.9 Å². The second-order valence-corrected chi connectivity index (χ2v) is 8.56. The minimum atomic E-state index is -0.328. The highest BCUT2D eigenvalue weighted by Gasteiger charge is 2.35. The van der Waals surface area contributed by atoms with Crippen molar-refractivity contribution in [3.8, 4) is 11.5 Å². The highest BCUT2D eigenvalue weighted by molar-refractivity contribution is 5.93. The fourth-order valence-corrected chi connectivity index (χ4v) is 4.46. The van der Waals surface area contributed by atoms with E-state index in [2.05, 4.69) is 10.6 Å². The Hall–Kier alpha value is -4.00. The molecule has 0 bridgehead atoms. The van der Waals surface area contributed by atoms with Crippen LogP contribution in [0.4, 0.5) is 10.5 Å². The van der Waals surface area contributed by atoms with Crippen molar-refractivity contribution in [2.45, 2.75) is 25.4 Å². The average Bonchev–Trinajstić information content (AvgIpc) is 2.92. The van der Waals surface area contributed by atoms with E-state index in [0.717, 1.165) is 11.1 Å². The number of ether oxygens (including phenoxy) is 2. The molecule has 3 aromatic carbocycles. The van der Waals surface area contributed by atoms with Crippen molar-refractivity contribution in [1.29, 1.82) is 0 Å². The van der Waals surface area contributed by atoms with Gasteiger partial charge in [-0.3, -0.25) is 4.79 Å². The number of hydrogen-bond acceptors (Lipinski definition) is 4. The summed E-state index contributed by atoms with van der Waals surface area (Å²) in [5, 5.41) is 6.01. The number of carbonyl (C=O) groups is 2. The van der Waals surface area contributed by atoms with Gasteiger partial charge in [0.25, 0.3) is 0 Å². The third-order valence-electron chi connectivity index (χ3n) is 6.34. The van der Waals surface area contributed by atoms with E-state index in [4.69, 9.17) is 9.47 Å². The smallest absolute Gasteiger partial charge is 0.318 e. The van der Waals surface area contributed by atoms with Gasteiger partial charge in [0.1, 0.15) is 0 Å². The van der Waals surface area contributed by atoms with Gasteiger partial charge in [0, 0.05) is 24.8 Å². The van der Waals surface area contributed by atoms with Gasteiger partial charge in [-0.15, -0.1) is 0 Å². The molecule has 1 aliphatic rings. The van der Waals surface area contributed by atoms with Crippen molar-refractivity contribution >= 4 is 17.6 Å². The molecule has 0 spiro atoms. The highest BCUT2D eigenvalue weighted by atomic mass is 16.5. The molecule has 0 radical (unpaired) electrons. The van der Waals surface area contributed by atoms with Crippen molar-refractivity contribution in [3.63, 3.8) is 0 Å². The van der Waals surface area contributed by atoms with Crippen LogP contribution in [-0.4, -0.2) is 37.6 Å². The van der Waals surface area contributed by atoms with Crippen LogP contribution in [0, 0.1) is 5.92 Å². The van der Waals surface area contributed by atoms with E-state index in [1.807, 2.05) is 60.7 Å². The maximum Gasteiger partial charge on any atom is 0.318 e. The molecule has 0 aliphatic carbocycles. The predicted octanol–water partition coefficient (Wildman–Crippen LogP) is 5.01. The van der Waals surface area contributed by atoms with E-state index >= 15 is 0 Å². The first-order valence-electron chi connectivity index (χ1n) is 11.7. The van der Waals surface area contributed by atoms with Gasteiger partial charge in [-0.25, -0.2) is 4.79 Å². The molecule has 2 unspecified atom stereocenters. The fourth-order valence-electron chi connectivity index (χ4n) is 4.46. The zero-order valence-corrected chi connectivity index (χ0v) is 20.1. The Kier molecular flexibility index (Phi) is 7.88. The van der Waals surface area contributed by atoms with E-state index in [1.54, 1.807) is 37.3 Å². The second-order valence-electron chi connectivity index (χ2n) is 8.56. The first-order valence-corrected chi connectivity index (χ1v) is 11.7. The molecular formula is C28H31N3O4. The lowest BCUT2D eigenvalue weighted by molar-refractivity contribution is -0.121. The van der Waals surface area contributed by atoms with Crippen LogP contribution >= 0.6 is 0 Å². The fraction of sp³-hybridized carbons (Fsp3) is 0.286. The summed E-state index contributed by atoms with van der Waals surface area (Å²) in [6.07, 6.45) is 1.38. The van der Waals surface area contributed by atoms with Gasteiger partial charge in [0.2, 0.25) is 5.91 Å². The second kappa shape index (κ2) is 11.4. The van der Waals surface area contributed by atoms with Crippen LogP contribution in [0.1, 0.15) is 30.0 Å². The van der Waals surface area contributed by atoms with Crippen LogP contribution in [0.2, 0.25) is 0 Å². The van der Waals surface area contributed by atoms with E-state index in [-0.39, 0.29) is 23.9 Å². The summed E-state index contributed by atoms with van der Waals surface area (Å²) in [4.78, 5) is 28.3. The number of anilines is 1. The molecule has 2 atom stereocenters. The molecule has 35 heavy (non-hydrogen) atoms. The number of hydrogen-bond donors (Lipinski definition) is 2. The third-order valence-corrected chi connectivity index (χ3v) is 6.34. The molecule has 7 heteroatoms. The molecule has 3 amide bonds. The summed E-state index contributed by atoms with van der Waals surface area (Å²) in [5.74, 6) is 0.685. The number of methoxy groups -OCH3 is 2. The molecule has 3 aromatic rings.